The summed E-state index contributed by atoms with van der Waals surface area (Å²) < 4.78 is 0. The highest BCUT2D eigenvalue weighted by Gasteiger charge is 2.40. The third-order valence-corrected chi connectivity index (χ3v) is 6.61. The van der Waals surface area contributed by atoms with Crippen molar-refractivity contribution in [1.29, 1.82) is 0 Å². The minimum absolute atomic E-state index is 0.147. The molecule has 3 N–H and O–H groups in total. The molecule has 3 aromatic carbocycles. The maximum Gasteiger partial charge on any atom is 0.326 e. The van der Waals surface area contributed by atoms with Gasteiger partial charge in [0.15, 0.2) is 0 Å². The summed E-state index contributed by atoms with van der Waals surface area (Å²) in [6.07, 6.45) is 3.37. The average molecular weight is 498 g/mol. The van der Waals surface area contributed by atoms with Crippen LogP contribution in [0.15, 0.2) is 85.3 Å². The lowest BCUT2D eigenvalue weighted by molar-refractivity contribution is -0.141. The van der Waals surface area contributed by atoms with Crippen LogP contribution >= 0.6 is 0 Å². The Morgan fingerprint density at radius 2 is 1.81 bits per heavy atom. The standard InChI is InChI=1S/C28H27N5O4/c34-26(31-24(27(35)36)13-19-7-2-1-3-8-19)17-33-25(16-32(28(33)37)15-21-14-29-18-30-21)23-12-6-10-20-9-4-5-11-22(20)23/h1-12,14,18,24-25H,13,15-17H2,(H,29,30)(H,31,34)(H,35,36). The number of carbonyl (C=O) groups excluding carboxylic acids is 2. The smallest absolute Gasteiger partial charge is 0.326 e. The molecule has 1 fully saturated rings. The molecule has 0 radical (unpaired) electrons. The van der Waals surface area contributed by atoms with E-state index in [-0.39, 0.29) is 25.0 Å². The van der Waals surface area contributed by atoms with E-state index in [2.05, 4.69) is 15.3 Å². The molecule has 2 heterocycles. The van der Waals surface area contributed by atoms with Gasteiger partial charge >= 0.3 is 12.0 Å². The molecule has 1 aliphatic rings. The van der Waals surface area contributed by atoms with Crippen LogP contribution in [0.1, 0.15) is 22.9 Å². The summed E-state index contributed by atoms with van der Waals surface area (Å²) in [4.78, 5) is 48.8. The number of aromatic nitrogens is 2. The summed E-state index contributed by atoms with van der Waals surface area (Å²) in [7, 11) is 0. The number of aliphatic carboxylic acids is 1. The van der Waals surface area contributed by atoms with Crippen molar-refractivity contribution in [2.45, 2.75) is 25.0 Å². The summed E-state index contributed by atoms with van der Waals surface area (Å²) in [5, 5.41) is 14.4. The third-order valence-electron chi connectivity index (χ3n) is 6.61. The van der Waals surface area contributed by atoms with Gasteiger partial charge in [-0.1, -0.05) is 72.8 Å². The fraction of sp³-hybridized carbons (Fsp3) is 0.214. The van der Waals surface area contributed by atoms with E-state index in [1.165, 1.54) is 4.90 Å². The maximum absolute atomic E-state index is 13.5. The van der Waals surface area contributed by atoms with E-state index in [1.807, 2.05) is 72.8 Å². The van der Waals surface area contributed by atoms with Gasteiger partial charge in [0, 0.05) is 19.2 Å². The molecule has 0 spiro atoms. The second-order valence-electron chi connectivity index (χ2n) is 9.10. The third kappa shape index (κ3) is 5.30. The van der Waals surface area contributed by atoms with E-state index < -0.39 is 17.9 Å². The first kappa shape index (κ1) is 24.1. The number of nitrogens with zero attached hydrogens (tertiary/aromatic N) is 3. The summed E-state index contributed by atoms with van der Waals surface area (Å²) >= 11 is 0. The molecule has 5 rings (SSSR count). The Morgan fingerprint density at radius 1 is 1.05 bits per heavy atom. The van der Waals surface area contributed by atoms with E-state index in [0.29, 0.717) is 13.1 Å². The number of fused-ring (bicyclic) bond motifs is 1. The molecule has 3 amide bonds. The number of carboxylic acid groups (broad SMARTS) is 1. The zero-order valence-electron chi connectivity index (χ0n) is 20.1. The van der Waals surface area contributed by atoms with Crippen LogP contribution < -0.4 is 5.32 Å². The predicted molar refractivity (Wildman–Crippen MR) is 138 cm³/mol. The van der Waals surface area contributed by atoms with Gasteiger partial charge in [-0.25, -0.2) is 14.6 Å². The normalized spacial score (nSPS) is 16.2. The van der Waals surface area contributed by atoms with Gasteiger partial charge in [0.1, 0.15) is 12.6 Å². The quantitative estimate of drug-likeness (QED) is 0.328. The zero-order valence-corrected chi connectivity index (χ0v) is 20.1. The SMILES string of the molecule is O=C(CN1C(=O)N(Cc2cnc[nH]2)CC1c1cccc2ccccc12)NC(Cc1ccccc1)C(=O)O. The number of benzene rings is 3. The van der Waals surface area contributed by atoms with Crippen molar-refractivity contribution in [2.24, 2.45) is 0 Å². The van der Waals surface area contributed by atoms with Crippen molar-refractivity contribution >= 4 is 28.7 Å². The molecule has 0 bridgehead atoms. The lowest BCUT2D eigenvalue weighted by Crippen LogP contribution is -2.47. The molecule has 1 saturated heterocycles. The van der Waals surface area contributed by atoms with Gasteiger partial charge in [0.25, 0.3) is 0 Å². The first-order valence-electron chi connectivity index (χ1n) is 12.1. The molecule has 2 unspecified atom stereocenters. The topological polar surface area (TPSA) is 119 Å². The average Bonchev–Trinajstić information content (AvgIpc) is 3.52. The molecule has 37 heavy (non-hydrogen) atoms. The van der Waals surface area contributed by atoms with Crippen LogP contribution in [0.2, 0.25) is 0 Å². The number of carbonyl (C=O) groups is 3. The van der Waals surface area contributed by atoms with Crippen molar-refractivity contribution in [2.75, 3.05) is 13.1 Å². The van der Waals surface area contributed by atoms with Crippen LogP contribution in [-0.2, 0) is 22.6 Å². The van der Waals surface area contributed by atoms with E-state index in [1.54, 1.807) is 17.4 Å². The van der Waals surface area contributed by atoms with Crippen LogP contribution in [0.25, 0.3) is 10.8 Å². The molecule has 9 heteroatoms. The lowest BCUT2D eigenvalue weighted by Gasteiger charge is -2.25. The molecule has 188 valence electrons. The second kappa shape index (κ2) is 10.5. The van der Waals surface area contributed by atoms with Gasteiger partial charge in [-0.05, 0) is 21.9 Å². The number of amides is 3. The molecule has 1 aliphatic heterocycles. The van der Waals surface area contributed by atoms with Crippen molar-refractivity contribution in [3.8, 4) is 0 Å². The Hall–Kier alpha value is -4.66. The highest BCUT2D eigenvalue weighted by atomic mass is 16.4. The summed E-state index contributed by atoms with van der Waals surface area (Å²) in [6.45, 7) is 0.445. The predicted octanol–water partition coefficient (Wildman–Crippen LogP) is 3.35. The Morgan fingerprint density at radius 3 is 2.57 bits per heavy atom. The lowest BCUT2D eigenvalue weighted by atomic mass is 9.98. The van der Waals surface area contributed by atoms with Gasteiger partial charge in [-0.2, -0.15) is 0 Å². The highest BCUT2D eigenvalue weighted by Crippen LogP contribution is 2.34. The Bertz CT molecular complexity index is 1400. The molecule has 9 nitrogen and oxygen atoms in total. The largest absolute Gasteiger partial charge is 0.480 e. The zero-order chi connectivity index (χ0) is 25.8. The fourth-order valence-electron chi connectivity index (χ4n) is 4.84. The highest BCUT2D eigenvalue weighted by molar-refractivity contribution is 5.90. The van der Waals surface area contributed by atoms with Gasteiger partial charge in [0.2, 0.25) is 5.91 Å². The summed E-state index contributed by atoms with van der Waals surface area (Å²) in [5.74, 6) is -1.65. The van der Waals surface area contributed by atoms with E-state index >= 15 is 0 Å². The number of rotatable bonds is 9. The van der Waals surface area contributed by atoms with Gasteiger partial charge in [-0.15, -0.1) is 0 Å². The Kier molecular flexibility index (Phi) is 6.85. The van der Waals surface area contributed by atoms with Crippen LogP contribution in [0, 0.1) is 0 Å². The van der Waals surface area contributed by atoms with Crippen LogP contribution in [0.5, 0.6) is 0 Å². The summed E-state index contributed by atoms with van der Waals surface area (Å²) in [5.41, 5.74) is 2.52. The number of urea groups is 1. The minimum atomic E-state index is -1.13. The van der Waals surface area contributed by atoms with E-state index in [9.17, 15) is 19.5 Å². The monoisotopic (exact) mass is 497 g/mol. The van der Waals surface area contributed by atoms with Crippen LogP contribution in [0.4, 0.5) is 4.79 Å². The first-order chi connectivity index (χ1) is 18.0. The van der Waals surface area contributed by atoms with Gasteiger partial charge in [0.05, 0.1) is 24.6 Å². The Labute approximate surface area is 213 Å². The number of hydrogen-bond donors (Lipinski definition) is 3. The van der Waals surface area contributed by atoms with Crippen LogP contribution in [0.3, 0.4) is 0 Å². The number of hydrogen-bond acceptors (Lipinski definition) is 4. The molecule has 2 atom stereocenters. The van der Waals surface area contributed by atoms with Crippen molar-refractivity contribution < 1.29 is 19.5 Å². The number of nitrogens with one attached hydrogen (secondary N) is 2. The van der Waals surface area contributed by atoms with E-state index in [0.717, 1.165) is 27.6 Å². The van der Waals surface area contributed by atoms with Gasteiger partial charge < -0.3 is 25.2 Å². The first-order valence-corrected chi connectivity index (χ1v) is 12.1. The number of aromatic amines is 1. The van der Waals surface area contributed by atoms with E-state index in [4.69, 9.17) is 0 Å². The molecule has 0 aliphatic carbocycles. The van der Waals surface area contributed by atoms with Crippen molar-refractivity contribution in [1.82, 2.24) is 25.1 Å². The van der Waals surface area contributed by atoms with Gasteiger partial charge in [-0.3, -0.25) is 4.79 Å². The molecule has 0 saturated carbocycles. The fourth-order valence-corrected chi connectivity index (χ4v) is 4.84. The maximum atomic E-state index is 13.5. The van der Waals surface area contributed by atoms with Crippen LogP contribution in [-0.4, -0.2) is 61.9 Å². The minimum Gasteiger partial charge on any atom is -0.480 e. The molecule has 4 aromatic rings. The molecule has 1 aromatic heterocycles. The van der Waals surface area contributed by atoms with Crippen molar-refractivity contribution in [3.63, 3.8) is 0 Å². The number of carboxylic acids is 1. The number of H-pyrrole nitrogens is 1. The second-order valence-corrected chi connectivity index (χ2v) is 9.10. The summed E-state index contributed by atoms with van der Waals surface area (Å²) in [6, 6.07) is 21.2. The van der Waals surface area contributed by atoms with Crippen molar-refractivity contribution in [3.05, 3.63) is 102 Å². The Balaban J connectivity index is 1.40. The number of imidazole rings is 1. The molecular weight excluding hydrogens is 470 g/mol. The molecular formula is C28H27N5O4.